The summed E-state index contributed by atoms with van der Waals surface area (Å²) in [5.74, 6) is -1.77. The first-order valence-corrected chi connectivity index (χ1v) is 15.1. The quantitative estimate of drug-likeness (QED) is 0.492. The number of rotatable bonds is 6. The molecule has 1 saturated heterocycles. The number of allylic oxidation sites excluding steroid dienone is 1. The van der Waals surface area contributed by atoms with E-state index in [1.807, 2.05) is 12.1 Å². The zero-order valence-corrected chi connectivity index (χ0v) is 24.6. The van der Waals surface area contributed by atoms with E-state index in [2.05, 4.69) is 9.89 Å². The fraction of sp³-hybridized carbons (Fsp3) is 0.393. The fourth-order valence-corrected chi connectivity index (χ4v) is 6.57. The second kappa shape index (κ2) is 10.7. The van der Waals surface area contributed by atoms with Gasteiger partial charge in [0.2, 0.25) is 21.4 Å². The van der Waals surface area contributed by atoms with Crippen molar-refractivity contribution in [3.05, 3.63) is 52.3 Å². The smallest absolute Gasteiger partial charge is 0.231 e. The van der Waals surface area contributed by atoms with E-state index >= 15 is 0 Å². The maximum absolute atomic E-state index is 13.8. The summed E-state index contributed by atoms with van der Waals surface area (Å²) in [7, 11) is -0.410. The van der Waals surface area contributed by atoms with Gasteiger partial charge in [-0.15, -0.1) is 0 Å². The molecule has 2 aromatic carbocycles. The molecule has 11 nitrogen and oxygen atoms in total. The summed E-state index contributed by atoms with van der Waals surface area (Å²) in [6.45, 7) is 3.58. The number of nitrogens with zero attached hydrogens (tertiary/aromatic N) is 3. The fourth-order valence-electron chi connectivity index (χ4n) is 5.48. The SMILES string of the molecule is COc1cc(OC)c2c(c1Cl)O[C@]1(C2=O)C(O)=C(C=Nc2ccc(N3CCN(S(C)(=O)=O)CC3)cc2)C(=O)C[C@H]1C. The van der Waals surface area contributed by atoms with E-state index in [0.717, 1.165) is 5.69 Å². The van der Waals surface area contributed by atoms with Crippen LogP contribution in [-0.2, 0) is 14.8 Å². The third-order valence-corrected chi connectivity index (χ3v) is 9.44. The topological polar surface area (TPSA) is 135 Å². The molecule has 2 aliphatic heterocycles. The first-order chi connectivity index (χ1) is 19.4. The van der Waals surface area contributed by atoms with Gasteiger partial charge in [0.25, 0.3) is 0 Å². The Balaban J connectivity index is 1.42. The Morgan fingerprint density at radius 3 is 2.32 bits per heavy atom. The monoisotopic (exact) mass is 603 g/mol. The number of ether oxygens (including phenoxy) is 3. The molecule has 1 fully saturated rings. The molecule has 0 saturated carbocycles. The van der Waals surface area contributed by atoms with Crippen molar-refractivity contribution in [2.24, 2.45) is 10.9 Å². The molecular formula is C28H30ClN3O8S. The number of ketones is 2. The van der Waals surface area contributed by atoms with Crippen LogP contribution in [0.1, 0.15) is 23.7 Å². The number of aliphatic hydroxyl groups excluding tert-OH is 1. The van der Waals surface area contributed by atoms with Gasteiger partial charge in [0.1, 0.15) is 22.1 Å². The zero-order valence-electron chi connectivity index (χ0n) is 23.0. The third-order valence-electron chi connectivity index (χ3n) is 7.78. The van der Waals surface area contributed by atoms with Crippen LogP contribution in [0.3, 0.4) is 0 Å². The molecule has 2 atom stereocenters. The Bertz CT molecular complexity index is 1580. The van der Waals surface area contributed by atoms with Crippen molar-refractivity contribution < 1.29 is 37.3 Å². The van der Waals surface area contributed by atoms with Crippen molar-refractivity contribution in [2.75, 3.05) is 51.6 Å². The normalized spacial score (nSPS) is 23.3. The molecule has 0 unspecified atom stereocenters. The lowest BCUT2D eigenvalue weighted by Gasteiger charge is -2.36. The summed E-state index contributed by atoms with van der Waals surface area (Å²) in [5, 5.41) is 11.5. The summed E-state index contributed by atoms with van der Waals surface area (Å²) in [6, 6.07) is 8.68. The van der Waals surface area contributed by atoms with E-state index in [0.29, 0.717) is 31.9 Å². The van der Waals surface area contributed by atoms with Crippen LogP contribution in [0.15, 0.2) is 46.7 Å². The number of carbonyl (C=O) groups excluding carboxylic acids is 2. The lowest BCUT2D eigenvalue weighted by Crippen LogP contribution is -2.52. The predicted molar refractivity (Wildman–Crippen MR) is 154 cm³/mol. The number of Topliss-reactive ketones (excluding diaryl/α,β-unsaturated/α-hetero) is 2. The predicted octanol–water partition coefficient (Wildman–Crippen LogP) is 3.58. The van der Waals surface area contributed by atoms with Crippen molar-refractivity contribution >= 4 is 50.8 Å². The first-order valence-electron chi connectivity index (χ1n) is 12.9. The number of hydrogen-bond donors (Lipinski definition) is 1. The van der Waals surface area contributed by atoms with Gasteiger partial charge < -0.3 is 24.2 Å². The summed E-state index contributed by atoms with van der Waals surface area (Å²) in [4.78, 5) is 33.3. The highest BCUT2D eigenvalue weighted by molar-refractivity contribution is 7.88. The average molecular weight is 604 g/mol. The largest absolute Gasteiger partial charge is 0.507 e. The van der Waals surface area contributed by atoms with Crippen molar-refractivity contribution in [1.29, 1.82) is 0 Å². The standard InChI is InChI=1S/C28H30ClN3O8S/c1-16-13-20(33)19(15-30-17-5-7-18(8-6-17)31-9-11-32(12-10-31)41(4,36)37)26(34)28(16)27(35)23-21(38-2)14-22(39-3)24(29)25(23)40-28/h5-8,14-16,34H,9-13H2,1-4H3/t16-,28+/m1/s1. The molecule has 5 rings (SSSR count). The van der Waals surface area contributed by atoms with E-state index in [1.165, 1.54) is 37.1 Å². The molecule has 2 heterocycles. The number of hydrogen-bond acceptors (Lipinski definition) is 10. The van der Waals surface area contributed by atoms with Gasteiger partial charge >= 0.3 is 0 Å². The summed E-state index contributed by atoms with van der Waals surface area (Å²) in [5.41, 5.74) is -0.522. The minimum Gasteiger partial charge on any atom is -0.507 e. The minimum atomic E-state index is -3.22. The van der Waals surface area contributed by atoms with Crippen LogP contribution in [0.5, 0.6) is 17.2 Å². The van der Waals surface area contributed by atoms with Gasteiger partial charge in [-0.25, -0.2) is 8.42 Å². The molecule has 1 aliphatic carbocycles. The van der Waals surface area contributed by atoms with E-state index in [4.69, 9.17) is 25.8 Å². The number of halogens is 1. The number of piperazine rings is 1. The minimum absolute atomic E-state index is 0.0184. The number of methoxy groups -OCH3 is 2. The van der Waals surface area contributed by atoms with Crippen LogP contribution in [0.25, 0.3) is 0 Å². The van der Waals surface area contributed by atoms with Crippen molar-refractivity contribution in [3.63, 3.8) is 0 Å². The van der Waals surface area contributed by atoms with Gasteiger partial charge in [-0.3, -0.25) is 14.6 Å². The molecule has 1 spiro atoms. The number of sulfonamides is 1. The van der Waals surface area contributed by atoms with E-state index in [-0.39, 0.29) is 45.6 Å². The Morgan fingerprint density at radius 1 is 1.10 bits per heavy atom. The van der Waals surface area contributed by atoms with Gasteiger partial charge in [-0.1, -0.05) is 18.5 Å². The summed E-state index contributed by atoms with van der Waals surface area (Å²) < 4.78 is 41.8. The second-order valence-electron chi connectivity index (χ2n) is 10.2. The van der Waals surface area contributed by atoms with Crippen LogP contribution in [-0.4, -0.2) is 87.9 Å². The molecule has 3 aliphatic rings. The van der Waals surface area contributed by atoms with E-state index < -0.39 is 33.1 Å². The van der Waals surface area contributed by atoms with Crippen LogP contribution in [0, 0.1) is 5.92 Å². The van der Waals surface area contributed by atoms with Crippen molar-refractivity contribution in [3.8, 4) is 17.2 Å². The van der Waals surface area contributed by atoms with Crippen molar-refractivity contribution in [2.45, 2.75) is 18.9 Å². The summed E-state index contributed by atoms with van der Waals surface area (Å²) >= 11 is 6.47. The molecule has 13 heteroatoms. The highest BCUT2D eigenvalue weighted by Crippen LogP contribution is 2.54. The van der Waals surface area contributed by atoms with Gasteiger partial charge in [0.15, 0.2) is 17.3 Å². The second-order valence-corrected chi connectivity index (χ2v) is 12.5. The van der Waals surface area contributed by atoms with Crippen LogP contribution < -0.4 is 19.1 Å². The number of fused-ring (bicyclic) bond motifs is 1. The first kappa shape index (κ1) is 28.9. The Kier molecular flexibility index (Phi) is 7.51. The van der Waals surface area contributed by atoms with E-state index in [1.54, 1.807) is 19.1 Å². The van der Waals surface area contributed by atoms with Crippen LogP contribution >= 0.6 is 11.6 Å². The number of anilines is 1. The van der Waals surface area contributed by atoms with Gasteiger partial charge in [0, 0.05) is 56.5 Å². The Morgan fingerprint density at radius 2 is 1.73 bits per heavy atom. The lowest BCUT2D eigenvalue weighted by atomic mass is 9.73. The van der Waals surface area contributed by atoms with E-state index in [9.17, 15) is 23.1 Å². The molecule has 0 amide bonds. The molecule has 2 aromatic rings. The van der Waals surface area contributed by atoms with Crippen molar-refractivity contribution in [1.82, 2.24) is 4.31 Å². The van der Waals surface area contributed by atoms with Crippen LogP contribution in [0.2, 0.25) is 5.02 Å². The number of benzene rings is 2. The maximum atomic E-state index is 13.8. The van der Waals surface area contributed by atoms with Crippen LogP contribution in [0.4, 0.5) is 11.4 Å². The van der Waals surface area contributed by atoms with Gasteiger partial charge in [-0.2, -0.15) is 4.31 Å². The molecule has 1 N–H and O–H groups in total. The summed E-state index contributed by atoms with van der Waals surface area (Å²) in [6.07, 6.45) is 2.38. The molecule has 0 radical (unpaired) electrons. The Hall–Kier alpha value is -3.61. The molecule has 0 bridgehead atoms. The number of aliphatic hydroxyl groups is 1. The highest BCUT2D eigenvalue weighted by Gasteiger charge is 2.60. The lowest BCUT2D eigenvalue weighted by molar-refractivity contribution is -0.118. The molecule has 0 aromatic heterocycles. The van der Waals surface area contributed by atoms with Gasteiger partial charge in [0.05, 0.1) is 31.7 Å². The number of carbonyl (C=O) groups is 2. The molecule has 218 valence electrons. The maximum Gasteiger partial charge on any atom is 0.231 e. The highest BCUT2D eigenvalue weighted by atomic mass is 35.5. The molecule has 41 heavy (non-hydrogen) atoms. The number of aliphatic imine (C=N–C) groups is 1. The zero-order chi connectivity index (χ0) is 29.7. The third kappa shape index (κ3) is 4.83. The average Bonchev–Trinajstić information content (AvgIpc) is 3.27. The molecular weight excluding hydrogens is 574 g/mol. The Labute approximate surface area is 243 Å². The van der Waals surface area contributed by atoms with Gasteiger partial charge in [-0.05, 0) is 24.3 Å².